The molecule has 1 amide bonds. The van der Waals surface area contributed by atoms with Gasteiger partial charge in [-0.2, -0.15) is 0 Å². The van der Waals surface area contributed by atoms with E-state index in [1.807, 2.05) is 32.9 Å². The molecule has 1 aliphatic rings. The first-order chi connectivity index (χ1) is 18.8. The van der Waals surface area contributed by atoms with Crippen LogP contribution in [0.2, 0.25) is 0 Å². The maximum Gasteiger partial charge on any atom is 0.301 e. The van der Waals surface area contributed by atoms with E-state index >= 15 is 0 Å². The molecule has 9 heteroatoms. The highest BCUT2D eigenvalue weighted by Crippen LogP contribution is 2.46. The molecule has 1 N–H and O–H groups in total. The lowest BCUT2D eigenvalue weighted by Crippen LogP contribution is -2.29. The number of hydrogen-bond acceptors (Lipinski definition) is 8. The second kappa shape index (κ2) is 10.4. The molecule has 0 unspecified atom stereocenters. The number of aliphatic hydroxyl groups excluding tert-OH is 1. The second-order valence-electron chi connectivity index (χ2n) is 9.17. The highest BCUT2D eigenvalue weighted by atomic mass is 32.1. The van der Waals surface area contributed by atoms with Crippen molar-refractivity contribution in [1.82, 2.24) is 4.98 Å². The van der Waals surface area contributed by atoms with Crippen molar-refractivity contribution >= 4 is 44.1 Å². The number of Topliss-reactive ketones (excluding diaryl/α,β-unsaturated/α-hetero) is 1. The van der Waals surface area contributed by atoms with Crippen LogP contribution in [-0.4, -0.2) is 42.6 Å². The highest BCUT2D eigenvalue weighted by molar-refractivity contribution is 7.22. The predicted octanol–water partition coefficient (Wildman–Crippen LogP) is 5.96. The summed E-state index contributed by atoms with van der Waals surface area (Å²) in [4.78, 5) is 33.3. The lowest BCUT2D eigenvalue weighted by molar-refractivity contribution is -0.132. The number of ketones is 1. The molecule has 0 aliphatic carbocycles. The number of fused-ring (bicyclic) bond motifs is 1. The van der Waals surface area contributed by atoms with Crippen molar-refractivity contribution < 1.29 is 28.9 Å². The normalized spacial score (nSPS) is 16.6. The van der Waals surface area contributed by atoms with Crippen molar-refractivity contribution in [3.8, 4) is 17.2 Å². The third kappa shape index (κ3) is 4.59. The number of anilines is 1. The van der Waals surface area contributed by atoms with Gasteiger partial charge in [0.15, 0.2) is 16.6 Å². The standard InChI is InChI=1S/C30H28N2O6S/c1-6-38-20-10-7-18(8-11-20)27(33)24-26(19-9-12-21(36-4)22(15-19)37-5)32(29(35)28(24)34)30-31-25-17(3)13-16(2)14-23(25)39-30/h7-15,26,33H,6H2,1-5H3/t26-/m1/s1. The summed E-state index contributed by atoms with van der Waals surface area (Å²) < 4.78 is 17.3. The van der Waals surface area contributed by atoms with Crippen molar-refractivity contribution in [2.75, 3.05) is 25.7 Å². The third-order valence-electron chi connectivity index (χ3n) is 6.63. The number of thiazole rings is 1. The number of methoxy groups -OCH3 is 2. The number of ether oxygens (including phenoxy) is 3. The monoisotopic (exact) mass is 544 g/mol. The van der Waals surface area contributed by atoms with Gasteiger partial charge < -0.3 is 19.3 Å². The maximum absolute atomic E-state index is 13.6. The van der Waals surface area contributed by atoms with Crippen LogP contribution < -0.4 is 19.1 Å². The molecule has 1 saturated heterocycles. The summed E-state index contributed by atoms with van der Waals surface area (Å²) >= 11 is 1.33. The van der Waals surface area contributed by atoms with Crippen LogP contribution in [0.25, 0.3) is 16.0 Å². The molecular formula is C30H28N2O6S. The van der Waals surface area contributed by atoms with Gasteiger partial charge >= 0.3 is 5.91 Å². The molecule has 2 heterocycles. The lowest BCUT2D eigenvalue weighted by atomic mass is 9.95. The van der Waals surface area contributed by atoms with E-state index in [4.69, 9.17) is 19.2 Å². The van der Waals surface area contributed by atoms with Crippen LogP contribution in [0.4, 0.5) is 5.13 Å². The fourth-order valence-electron chi connectivity index (χ4n) is 4.86. The molecule has 8 nitrogen and oxygen atoms in total. The maximum atomic E-state index is 13.6. The molecule has 0 saturated carbocycles. The van der Waals surface area contributed by atoms with Crippen LogP contribution in [0.15, 0.2) is 60.2 Å². The fraction of sp³-hybridized carbons (Fsp3) is 0.233. The smallest absolute Gasteiger partial charge is 0.301 e. The Hall–Kier alpha value is -4.37. The Morgan fingerprint density at radius 1 is 1.00 bits per heavy atom. The number of hydrogen-bond donors (Lipinski definition) is 1. The summed E-state index contributed by atoms with van der Waals surface area (Å²) in [5.74, 6) is -0.296. The van der Waals surface area contributed by atoms with Crippen LogP contribution in [0, 0.1) is 13.8 Å². The van der Waals surface area contributed by atoms with Gasteiger partial charge in [-0.1, -0.05) is 23.5 Å². The molecule has 1 atom stereocenters. The minimum absolute atomic E-state index is 0.0384. The molecule has 0 bridgehead atoms. The topological polar surface area (TPSA) is 98.2 Å². The first-order valence-electron chi connectivity index (χ1n) is 12.4. The Morgan fingerprint density at radius 3 is 2.38 bits per heavy atom. The Kier molecular flexibility index (Phi) is 7.01. The van der Waals surface area contributed by atoms with Gasteiger partial charge in [0.1, 0.15) is 11.5 Å². The van der Waals surface area contributed by atoms with Crippen molar-refractivity contribution in [2.45, 2.75) is 26.8 Å². The molecule has 200 valence electrons. The number of aryl methyl sites for hydroxylation is 2. The Balaban J connectivity index is 1.72. The zero-order valence-electron chi connectivity index (χ0n) is 22.3. The molecule has 3 aromatic carbocycles. The van der Waals surface area contributed by atoms with Gasteiger partial charge in [-0.15, -0.1) is 0 Å². The van der Waals surface area contributed by atoms with Crippen molar-refractivity contribution in [3.63, 3.8) is 0 Å². The average molecular weight is 545 g/mol. The SMILES string of the molecule is CCOc1ccc(C(O)=C2C(=O)C(=O)N(c3nc4c(C)cc(C)cc4s3)[C@@H]2c2ccc(OC)c(OC)c2)cc1. The molecule has 0 spiro atoms. The zero-order chi connectivity index (χ0) is 27.8. The number of aromatic nitrogens is 1. The zero-order valence-corrected chi connectivity index (χ0v) is 23.1. The van der Waals surface area contributed by atoms with E-state index in [0.717, 1.165) is 21.3 Å². The van der Waals surface area contributed by atoms with E-state index in [2.05, 4.69) is 0 Å². The largest absolute Gasteiger partial charge is 0.507 e. The second-order valence-corrected chi connectivity index (χ2v) is 10.2. The van der Waals surface area contributed by atoms with Gasteiger partial charge in [-0.3, -0.25) is 14.5 Å². The predicted molar refractivity (Wildman–Crippen MR) is 151 cm³/mol. The summed E-state index contributed by atoms with van der Waals surface area (Å²) in [7, 11) is 3.04. The number of amides is 1. The van der Waals surface area contributed by atoms with Crippen LogP contribution in [0.3, 0.4) is 0 Å². The lowest BCUT2D eigenvalue weighted by Gasteiger charge is -2.23. The number of carbonyl (C=O) groups is 2. The molecular weight excluding hydrogens is 516 g/mol. The van der Waals surface area contributed by atoms with Crippen LogP contribution >= 0.6 is 11.3 Å². The number of benzene rings is 3. The van der Waals surface area contributed by atoms with Crippen molar-refractivity contribution in [2.24, 2.45) is 0 Å². The van der Waals surface area contributed by atoms with Gasteiger partial charge in [0.25, 0.3) is 5.78 Å². The first kappa shape index (κ1) is 26.2. The molecule has 5 rings (SSSR count). The summed E-state index contributed by atoms with van der Waals surface area (Å²) in [6.07, 6.45) is 0. The van der Waals surface area contributed by atoms with Crippen LogP contribution in [-0.2, 0) is 9.59 Å². The number of nitrogens with zero attached hydrogens (tertiary/aromatic N) is 2. The summed E-state index contributed by atoms with van der Waals surface area (Å²) in [6.45, 7) is 6.34. The molecule has 0 radical (unpaired) electrons. The van der Waals surface area contributed by atoms with E-state index in [9.17, 15) is 14.7 Å². The summed E-state index contributed by atoms with van der Waals surface area (Å²) in [5, 5.41) is 11.8. The van der Waals surface area contributed by atoms with Gasteiger partial charge in [0.2, 0.25) is 0 Å². The minimum Gasteiger partial charge on any atom is -0.507 e. The number of rotatable bonds is 7. The van der Waals surface area contributed by atoms with Crippen LogP contribution in [0.5, 0.6) is 17.2 Å². The Morgan fingerprint density at radius 2 is 1.72 bits per heavy atom. The average Bonchev–Trinajstić information content (AvgIpc) is 3.47. The van der Waals surface area contributed by atoms with E-state index in [0.29, 0.717) is 40.1 Å². The molecule has 4 aromatic rings. The van der Waals surface area contributed by atoms with Gasteiger partial charge in [-0.25, -0.2) is 4.98 Å². The van der Waals surface area contributed by atoms with Crippen LogP contribution in [0.1, 0.15) is 35.2 Å². The minimum atomic E-state index is -0.946. The highest BCUT2D eigenvalue weighted by Gasteiger charge is 2.48. The molecule has 39 heavy (non-hydrogen) atoms. The third-order valence-corrected chi connectivity index (χ3v) is 7.63. The summed E-state index contributed by atoms with van der Waals surface area (Å²) in [5.41, 5.74) is 3.72. The van der Waals surface area contributed by atoms with Crippen molar-refractivity contribution in [1.29, 1.82) is 0 Å². The van der Waals surface area contributed by atoms with E-state index in [1.54, 1.807) is 42.5 Å². The van der Waals surface area contributed by atoms with Gasteiger partial charge in [0, 0.05) is 5.56 Å². The Labute approximate surface area is 230 Å². The Bertz CT molecular complexity index is 1620. The quantitative estimate of drug-likeness (QED) is 0.174. The number of aliphatic hydroxyl groups is 1. The van der Waals surface area contributed by atoms with Gasteiger partial charge in [-0.05, 0) is 79.9 Å². The van der Waals surface area contributed by atoms with E-state index < -0.39 is 17.7 Å². The fourth-order valence-corrected chi connectivity index (χ4v) is 6.03. The first-order valence-corrected chi connectivity index (χ1v) is 13.2. The molecule has 1 aliphatic heterocycles. The van der Waals surface area contributed by atoms with Gasteiger partial charge in [0.05, 0.1) is 42.7 Å². The summed E-state index contributed by atoms with van der Waals surface area (Å²) in [6, 6.07) is 15.0. The van der Waals surface area contributed by atoms with E-state index in [1.165, 1.54) is 30.5 Å². The molecule has 1 fully saturated rings. The van der Waals surface area contributed by atoms with Crippen molar-refractivity contribution in [3.05, 3.63) is 82.4 Å². The molecule has 1 aromatic heterocycles. The van der Waals surface area contributed by atoms with E-state index in [-0.39, 0.29) is 11.3 Å². The number of carbonyl (C=O) groups excluding carboxylic acids is 2.